The second kappa shape index (κ2) is 2.58. The topological polar surface area (TPSA) is 26.0 Å². The van der Waals surface area contributed by atoms with Crippen LogP contribution in [-0.2, 0) is 6.42 Å². The van der Waals surface area contributed by atoms with Crippen molar-refractivity contribution in [1.29, 1.82) is 0 Å². The van der Waals surface area contributed by atoms with Gasteiger partial charge in [-0.2, -0.15) is 0 Å². The van der Waals surface area contributed by atoms with E-state index in [9.17, 15) is 0 Å². The van der Waals surface area contributed by atoms with Crippen LogP contribution in [0.25, 0.3) is 0 Å². The molecule has 0 spiro atoms. The minimum Gasteiger partial charge on any atom is -0.324 e. The lowest BCUT2D eigenvalue weighted by Crippen LogP contribution is -2.30. The normalized spacial score (nSPS) is 41.9. The highest BCUT2D eigenvalue weighted by molar-refractivity contribution is 7.09. The molecular weight excluding hydrogens is 178 g/mol. The van der Waals surface area contributed by atoms with Crippen molar-refractivity contribution >= 4 is 11.3 Å². The van der Waals surface area contributed by atoms with E-state index < -0.39 is 0 Å². The molecule has 2 aliphatic carbocycles. The molecule has 0 amide bonds. The third kappa shape index (κ3) is 1.09. The summed E-state index contributed by atoms with van der Waals surface area (Å²) in [5.41, 5.74) is 6.59. The Labute approximate surface area is 83.0 Å². The summed E-state index contributed by atoms with van der Waals surface area (Å²) in [6, 6.07) is 4.34. The molecule has 3 rings (SSSR count). The fourth-order valence-electron chi connectivity index (χ4n) is 3.10. The van der Waals surface area contributed by atoms with Crippen molar-refractivity contribution in [3.63, 3.8) is 0 Å². The first-order valence-corrected chi connectivity index (χ1v) is 6.00. The molecule has 1 aromatic heterocycles. The molecule has 13 heavy (non-hydrogen) atoms. The predicted molar refractivity (Wildman–Crippen MR) is 55.8 cm³/mol. The van der Waals surface area contributed by atoms with E-state index in [0.717, 1.165) is 18.3 Å². The molecular formula is C11H15NS. The zero-order valence-electron chi connectivity index (χ0n) is 7.70. The summed E-state index contributed by atoms with van der Waals surface area (Å²) < 4.78 is 0. The number of rotatable bonds is 2. The summed E-state index contributed by atoms with van der Waals surface area (Å²) in [6.45, 7) is 0. The predicted octanol–water partition coefficient (Wildman–Crippen LogP) is 2.42. The highest BCUT2D eigenvalue weighted by atomic mass is 32.1. The Hall–Kier alpha value is -0.340. The van der Waals surface area contributed by atoms with Gasteiger partial charge < -0.3 is 5.73 Å². The van der Waals surface area contributed by atoms with Crippen LogP contribution in [-0.4, -0.2) is 5.54 Å². The van der Waals surface area contributed by atoms with Gasteiger partial charge >= 0.3 is 0 Å². The van der Waals surface area contributed by atoms with Crippen molar-refractivity contribution in [2.45, 2.75) is 31.2 Å². The van der Waals surface area contributed by atoms with Crippen molar-refractivity contribution in [1.82, 2.24) is 0 Å². The largest absolute Gasteiger partial charge is 0.324 e. The van der Waals surface area contributed by atoms with E-state index in [-0.39, 0.29) is 5.54 Å². The molecule has 2 heteroatoms. The fraction of sp³-hybridized carbons (Fsp3) is 0.636. The summed E-state index contributed by atoms with van der Waals surface area (Å²) in [6.07, 6.45) is 5.30. The second-order valence-electron chi connectivity index (χ2n) is 4.51. The smallest absolute Gasteiger partial charge is 0.0266 e. The molecule has 2 fully saturated rings. The van der Waals surface area contributed by atoms with Crippen molar-refractivity contribution in [2.24, 2.45) is 17.6 Å². The standard InChI is InChI=1S/C11H15NS/c12-11(7-8-3-2-6-13-8)9-4-1-5-10(9)11/h2-3,6,9-10H,1,4-5,7,12H2. The van der Waals surface area contributed by atoms with Gasteiger partial charge in [-0.05, 0) is 36.1 Å². The maximum atomic E-state index is 6.39. The Morgan fingerprint density at radius 3 is 2.85 bits per heavy atom. The molecule has 0 saturated heterocycles. The lowest BCUT2D eigenvalue weighted by Gasteiger charge is -2.13. The number of hydrogen-bond donors (Lipinski definition) is 1. The van der Waals surface area contributed by atoms with Gasteiger partial charge in [-0.15, -0.1) is 11.3 Å². The monoisotopic (exact) mass is 193 g/mol. The van der Waals surface area contributed by atoms with Gasteiger partial charge in [0.2, 0.25) is 0 Å². The fourth-order valence-corrected chi connectivity index (χ4v) is 3.93. The first-order valence-electron chi connectivity index (χ1n) is 5.12. The highest BCUT2D eigenvalue weighted by Gasteiger charge is 2.63. The summed E-state index contributed by atoms with van der Waals surface area (Å²) in [5.74, 6) is 1.71. The van der Waals surface area contributed by atoms with E-state index in [1.165, 1.54) is 24.1 Å². The third-order valence-electron chi connectivity index (χ3n) is 3.85. The summed E-state index contributed by atoms with van der Waals surface area (Å²) in [5, 5.41) is 2.15. The van der Waals surface area contributed by atoms with Crippen LogP contribution < -0.4 is 5.73 Å². The molecule has 2 unspecified atom stereocenters. The summed E-state index contributed by atoms with van der Waals surface area (Å²) in [7, 11) is 0. The molecule has 70 valence electrons. The zero-order chi connectivity index (χ0) is 8.89. The maximum absolute atomic E-state index is 6.39. The number of fused-ring (bicyclic) bond motifs is 1. The van der Waals surface area contributed by atoms with Gasteiger partial charge in [0.15, 0.2) is 0 Å². The molecule has 0 aromatic carbocycles. The van der Waals surface area contributed by atoms with Crippen LogP contribution >= 0.6 is 11.3 Å². The average Bonchev–Trinajstić information content (AvgIpc) is 2.60. The first-order chi connectivity index (χ1) is 6.31. The Bertz CT molecular complexity index is 294. The van der Waals surface area contributed by atoms with Crippen molar-refractivity contribution < 1.29 is 0 Å². The summed E-state index contributed by atoms with van der Waals surface area (Å²) >= 11 is 1.85. The molecule has 2 N–H and O–H groups in total. The Balaban J connectivity index is 1.74. The SMILES string of the molecule is NC1(Cc2cccs2)C2CCCC21. The quantitative estimate of drug-likeness (QED) is 0.767. The number of hydrogen-bond acceptors (Lipinski definition) is 2. The first kappa shape index (κ1) is 8.01. The van der Waals surface area contributed by atoms with Gasteiger partial charge in [0, 0.05) is 16.8 Å². The van der Waals surface area contributed by atoms with Gasteiger partial charge in [-0.3, -0.25) is 0 Å². The molecule has 0 bridgehead atoms. The minimum atomic E-state index is 0.198. The Morgan fingerprint density at radius 2 is 2.23 bits per heavy atom. The van der Waals surface area contributed by atoms with Crippen LogP contribution in [0.15, 0.2) is 17.5 Å². The van der Waals surface area contributed by atoms with Gasteiger partial charge in [-0.1, -0.05) is 12.5 Å². The molecule has 2 aliphatic rings. The van der Waals surface area contributed by atoms with E-state index in [1.54, 1.807) is 0 Å². The van der Waals surface area contributed by atoms with Crippen LogP contribution in [0.1, 0.15) is 24.1 Å². The average molecular weight is 193 g/mol. The summed E-state index contributed by atoms with van der Waals surface area (Å²) in [4.78, 5) is 1.47. The van der Waals surface area contributed by atoms with E-state index in [4.69, 9.17) is 5.73 Å². The second-order valence-corrected chi connectivity index (χ2v) is 5.54. The lowest BCUT2D eigenvalue weighted by atomic mass is 10.0. The van der Waals surface area contributed by atoms with Crippen molar-refractivity contribution in [3.8, 4) is 0 Å². The van der Waals surface area contributed by atoms with E-state index >= 15 is 0 Å². The van der Waals surface area contributed by atoms with E-state index in [2.05, 4.69) is 17.5 Å². The molecule has 1 heterocycles. The highest BCUT2D eigenvalue weighted by Crippen LogP contribution is 2.60. The van der Waals surface area contributed by atoms with E-state index in [1.807, 2.05) is 11.3 Å². The minimum absolute atomic E-state index is 0.198. The van der Waals surface area contributed by atoms with Crippen LogP contribution in [0.4, 0.5) is 0 Å². The molecule has 0 aliphatic heterocycles. The van der Waals surface area contributed by atoms with Crippen LogP contribution in [0.2, 0.25) is 0 Å². The molecule has 1 nitrogen and oxygen atoms in total. The Morgan fingerprint density at radius 1 is 1.46 bits per heavy atom. The van der Waals surface area contributed by atoms with Crippen molar-refractivity contribution in [3.05, 3.63) is 22.4 Å². The maximum Gasteiger partial charge on any atom is 0.0266 e. The van der Waals surface area contributed by atoms with Crippen molar-refractivity contribution in [2.75, 3.05) is 0 Å². The van der Waals surface area contributed by atoms with Gasteiger partial charge in [0.05, 0.1) is 0 Å². The number of nitrogens with two attached hydrogens (primary N) is 1. The van der Waals surface area contributed by atoms with Crippen LogP contribution in [0.3, 0.4) is 0 Å². The molecule has 2 saturated carbocycles. The zero-order valence-corrected chi connectivity index (χ0v) is 8.52. The third-order valence-corrected chi connectivity index (χ3v) is 4.72. The Kier molecular flexibility index (Phi) is 1.59. The molecule has 2 atom stereocenters. The molecule has 0 radical (unpaired) electrons. The van der Waals surface area contributed by atoms with Gasteiger partial charge in [-0.25, -0.2) is 0 Å². The van der Waals surface area contributed by atoms with Crippen LogP contribution in [0.5, 0.6) is 0 Å². The molecule has 1 aromatic rings. The lowest BCUT2D eigenvalue weighted by molar-refractivity contribution is 0.504. The van der Waals surface area contributed by atoms with Gasteiger partial charge in [0.1, 0.15) is 0 Å². The van der Waals surface area contributed by atoms with Gasteiger partial charge in [0.25, 0.3) is 0 Å². The number of thiophene rings is 1. The van der Waals surface area contributed by atoms with Crippen LogP contribution in [0, 0.1) is 11.8 Å². The van der Waals surface area contributed by atoms with E-state index in [0.29, 0.717) is 0 Å².